The third kappa shape index (κ3) is 4.11. The Labute approximate surface area is 125 Å². The number of benzene rings is 1. The van der Waals surface area contributed by atoms with Gasteiger partial charge in [-0.05, 0) is 5.56 Å². The molecule has 0 aromatic heterocycles. The molecule has 1 amide bonds. The number of nitrogens with zero attached hydrogens (tertiary/aromatic N) is 1. The molecule has 122 valence electrons. The molecule has 1 fully saturated rings. The summed E-state index contributed by atoms with van der Waals surface area (Å²) in [5.74, 6) is 0. The van der Waals surface area contributed by atoms with Crippen LogP contribution in [0.2, 0.25) is 0 Å². The quantitative estimate of drug-likeness (QED) is 0.925. The molecule has 2 unspecified atom stereocenters. The highest BCUT2D eigenvalue weighted by molar-refractivity contribution is 5.68. The van der Waals surface area contributed by atoms with Crippen molar-refractivity contribution in [3.63, 3.8) is 0 Å². The van der Waals surface area contributed by atoms with Gasteiger partial charge in [0.1, 0.15) is 6.61 Å². The van der Waals surface area contributed by atoms with Gasteiger partial charge < -0.3 is 14.6 Å². The van der Waals surface area contributed by atoms with Crippen LogP contribution in [0.1, 0.15) is 5.56 Å². The summed E-state index contributed by atoms with van der Waals surface area (Å²) in [6.07, 6.45) is -7.54. The summed E-state index contributed by atoms with van der Waals surface area (Å²) < 4.78 is 47.7. The second-order valence-electron chi connectivity index (χ2n) is 4.89. The van der Waals surface area contributed by atoms with Crippen LogP contribution in [0.4, 0.5) is 18.0 Å². The lowest BCUT2D eigenvalue weighted by Gasteiger charge is -2.38. The summed E-state index contributed by atoms with van der Waals surface area (Å²) in [5.41, 5.74) is 0.719. The molecule has 2 rings (SSSR count). The minimum Gasteiger partial charge on any atom is -0.445 e. The zero-order chi connectivity index (χ0) is 16.2. The van der Waals surface area contributed by atoms with E-state index >= 15 is 0 Å². The van der Waals surface area contributed by atoms with Crippen molar-refractivity contribution in [3.05, 3.63) is 35.9 Å². The lowest BCUT2D eigenvalue weighted by Crippen LogP contribution is -2.57. The van der Waals surface area contributed by atoms with Crippen molar-refractivity contribution in [3.8, 4) is 0 Å². The van der Waals surface area contributed by atoms with Gasteiger partial charge in [0.2, 0.25) is 0 Å². The molecule has 0 saturated carbocycles. The highest BCUT2D eigenvalue weighted by Crippen LogP contribution is 2.27. The van der Waals surface area contributed by atoms with Crippen molar-refractivity contribution in [2.45, 2.75) is 24.9 Å². The van der Waals surface area contributed by atoms with Crippen molar-refractivity contribution >= 4 is 6.09 Å². The predicted molar refractivity (Wildman–Crippen MR) is 70.0 cm³/mol. The number of ether oxygens (including phenoxy) is 2. The molecular weight excluding hydrogens is 303 g/mol. The van der Waals surface area contributed by atoms with Crippen LogP contribution in [0.5, 0.6) is 0 Å². The Morgan fingerprint density at radius 2 is 2.05 bits per heavy atom. The maximum Gasteiger partial charge on any atom is 0.416 e. The minimum absolute atomic E-state index is 0.0497. The molecule has 1 aromatic rings. The molecule has 5 nitrogen and oxygen atoms in total. The Morgan fingerprint density at radius 1 is 1.36 bits per heavy atom. The first-order chi connectivity index (χ1) is 10.4. The van der Waals surface area contributed by atoms with E-state index in [1.807, 2.05) is 0 Å². The topological polar surface area (TPSA) is 59.0 Å². The largest absolute Gasteiger partial charge is 0.445 e. The van der Waals surface area contributed by atoms with Crippen LogP contribution < -0.4 is 0 Å². The Hall–Kier alpha value is -1.80. The van der Waals surface area contributed by atoms with Crippen LogP contribution in [0, 0.1) is 0 Å². The van der Waals surface area contributed by atoms with E-state index in [0.717, 1.165) is 10.5 Å². The van der Waals surface area contributed by atoms with Crippen LogP contribution in [-0.4, -0.2) is 54.2 Å². The number of aliphatic hydroxyl groups is 1. The monoisotopic (exact) mass is 319 g/mol. The lowest BCUT2D eigenvalue weighted by molar-refractivity contribution is -0.242. The third-order valence-corrected chi connectivity index (χ3v) is 3.31. The van der Waals surface area contributed by atoms with E-state index < -0.39 is 37.6 Å². The number of hydrogen-bond acceptors (Lipinski definition) is 4. The van der Waals surface area contributed by atoms with Crippen LogP contribution in [-0.2, 0) is 16.1 Å². The summed E-state index contributed by atoms with van der Waals surface area (Å²) in [6.45, 7) is -1.62. The summed E-state index contributed by atoms with van der Waals surface area (Å²) >= 11 is 0. The summed E-state index contributed by atoms with van der Waals surface area (Å²) in [4.78, 5) is 12.8. The highest BCUT2D eigenvalue weighted by Gasteiger charge is 2.47. The van der Waals surface area contributed by atoms with Crippen LogP contribution in [0.25, 0.3) is 0 Å². The maximum atomic E-state index is 12.7. The molecule has 0 radical (unpaired) electrons. The summed E-state index contributed by atoms with van der Waals surface area (Å²) in [6, 6.07) is 7.93. The average molecular weight is 319 g/mol. The molecule has 0 bridgehead atoms. The van der Waals surface area contributed by atoms with Crippen molar-refractivity contribution < 1.29 is 32.5 Å². The number of rotatable bonds is 3. The second-order valence-corrected chi connectivity index (χ2v) is 4.89. The number of halogens is 3. The first-order valence-electron chi connectivity index (χ1n) is 6.68. The van der Waals surface area contributed by atoms with Crippen molar-refractivity contribution in [2.24, 2.45) is 0 Å². The normalized spacial score (nSPS) is 22.5. The molecule has 1 aliphatic rings. The fraction of sp³-hybridized carbons (Fsp3) is 0.500. The molecule has 0 spiro atoms. The average Bonchev–Trinajstić information content (AvgIpc) is 2.52. The Balaban J connectivity index is 1.98. The number of amides is 1. The van der Waals surface area contributed by atoms with Crippen LogP contribution in [0.15, 0.2) is 30.3 Å². The van der Waals surface area contributed by atoms with E-state index in [-0.39, 0.29) is 13.2 Å². The zero-order valence-corrected chi connectivity index (χ0v) is 11.6. The van der Waals surface area contributed by atoms with Gasteiger partial charge in [-0.15, -0.1) is 0 Å². The molecule has 1 N–H and O–H groups in total. The van der Waals surface area contributed by atoms with Gasteiger partial charge in [0.25, 0.3) is 0 Å². The predicted octanol–water partition coefficient (Wildman–Crippen LogP) is 1.95. The fourth-order valence-corrected chi connectivity index (χ4v) is 2.07. The standard InChI is InChI=1S/C14H16F3NO4/c15-14(16,17)12-6-18(11(7-19)9-21-12)13(20)22-8-10-4-2-1-3-5-10/h1-5,11-12,19H,6-9H2. The molecule has 1 heterocycles. The van der Waals surface area contributed by atoms with Crippen LogP contribution >= 0.6 is 0 Å². The molecular formula is C14H16F3NO4. The van der Waals surface area contributed by atoms with Crippen molar-refractivity contribution in [1.82, 2.24) is 4.90 Å². The van der Waals surface area contributed by atoms with E-state index in [1.54, 1.807) is 30.3 Å². The van der Waals surface area contributed by atoms with E-state index in [0.29, 0.717) is 0 Å². The molecule has 1 aromatic carbocycles. The molecule has 1 aliphatic heterocycles. The smallest absolute Gasteiger partial charge is 0.416 e. The lowest BCUT2D eigenvalue weighted by atomic mass is 10.2. The summed E-state index contributed by atoms with van der Waals surface area (Å²) in [7, 11) is 0. The van der Waals surface area contributed by atoms with Crippen molar-refractivity contribution in [1.29, 1.82) is 0 Å². The SMILES string of the molecule is O=C(OCc1ccccc1)N1CC(C(F)(F)F)OCC1CO. The van der Waals surface area contributed by atoms with E-state index in [4.69, 9.17) is 4.74 Å². The number of alkyl halides is 3. The van der Waals surface area contributed by atoms with Gasteiger partial charge in [-0.3, -0.25) is 4.90 Å². The van der Waals surface area contributed by atoms with Gasteiger partial charge in [0, 0.05) is 0 Å². The van der Waals surface area contributed by atoms with Gasteiger partial charge in [0.15, 0.2) is 6.10 Å². The first-order valence-corrected chi connectivity index (χ1v) is 6.68. The van der Waals surface area contributed by atoms with Gasteiger partial charge in [-0.25, -0.2) is 4.79 Å². The van der Waals surface area contributed by atoms with E-state index in [2.05, 4.69) is 4.74 Å². The van der Waals surface area contributed by atoms with Crippen LogP contribution in [0.3, 0.4) is 0 Å². The number of morpholine rings is 1. The third-order valence-electron chi connectivity index (χ3n) is 3.31. The highest BCUT2D eigenvalue weighted by atomic mass is 19.4. The van der Waals surface area contributed by atoms with Gasteiger partial charge in [-0.2, -0.15) is 13.2 Å². The summed E-state index contributed by atoms with van der Waals surface area (Å²) in [5, 5.41) is 9.17. The molecule has 8 heteroatoms. The fourth-order valence-electron chi connectivity index (χ4n) is 2.07. The number of aliphatic hydroxyl groups excluding tert-OH is 1. The molecule has 1 saturated heterocycles. The zero-order valence-electron chi connectivity index (χ0n) is 11.6. The second kappa shape index (κ2) is 6.97. The Bertz CT molecular complexity index is 495. The minimum atomic E-state index is -4.57. The van der Waals surface area contributed by atoms with Gasteiger partial charge >= 0.3 is 12.3 Å². The maximum absolute atomic E-state index is 12.7. The number of carbonyl (C=O) groups is 1. The van der Waals surface area contributed by atoms with Gasteiger partial charge in [0.05, 0.1) is 25.8 Å². The Morgan fingerprint density at radius 3 is 2.64 bits per heavy atom. The van der Waals surface area contributed by atoms with E-state index in [9.17, 15) is 23.1 Å². The first kappa shape index (κ1) is 16.6. The van der Waals surface area contributed by atoms with Gasteiger partial charge in [-0.1, -0.05) is 30.3 Å². The van der Waals surface area contributed by atoms with E-state index in [1.165, 1.54) is 0 Å². The molecule has 0 aliphatic carbocycles. The number of carbonyl (C=O) groups excluding carboxylic acids is 1. The molecule has 22 heavy (non-hydrogen) atoms. The van der Waals surface area contributed by atoms with Crippen molar-refractivity contribution in [2.75, 3.05) is 19.8 Å². The molecule has 2 atom stereocenters. The Kier molecular flexibility index (Phi) is 5.25. The number of hydrogen-bond donors (Lipinski definition) is 1.